The third-order valence-corrected chi connectivity index (χ3v) is 4.10. The highest BCUT2D eigenvalue weighted by Gasteiger charge is 2.35. The largest absolute Gasteiger partial charge is 0.508 e. The summed E-state index contributed by atoms with van der Waals surface area (Å²) in [5, 5.41) is 19.2. The van der Waals surface area contributed by atoms with Crippen LogP contribution in [0.25, 0.3) is 0 Å². The van der Waals surface area contributed by atoms with Crippen molar-refractivity contribution in [3.8, 4) is 5.75 Å². The third kappa shape index (κ3) is 4.86. The molecule has 2 atom stereocenters. The summed E-state index contributed by atoms with van der Waals surface area (Å²) in [5.41, 5.74) is 1.48. The number of aliphatic hydroxyl groups is 1. The first-order valence-corrected chi connectivity index (χ1v) is 8.17. The number of methoxy groups -OCH3 is 1. The normalized spacial score (nSPS) is 20.9. The van der Waals surface area contributed by atoms with Crippen molar-refractivity contribution in [3.63, 3.8) is 0 Å². The van der Waals surface area contributed by atoms with E-state index in [1.54, 1.807) is 37.3 Å². The summed E-state index contributed by atoms with van der Waals surface area (Å²) < 4.78 is 15.0. The molecule has 7 nitrogen and oxygen atoms in total. The molecule has 140 valence electrons. The molecule has 26 heavy (non-hydrogen) atoms. The van der Waals surface area contributed by atoms with Crippen molar-refractivity contribution in [1.82, 2.24) is 0 Å². The average Bonchev–Trinajstić information content (AvgIpc) is 2.63. The van der Waals surface area contributed by atoms with Gasteiger partial charge in [0.05, 0.1) is 32.0 Å². The van der Waals surface area contributed by atoms with Crippen molar-refractivity contribution in [2.75, 3.05) is 13.7 Å². The van der Waals surface area contributed by atoms with Crippen molar-refractivity contribution in [2.24, 2.45) is 5.92 Å². The molecule has 0 unspecified atom stereocenters. The maximum absolute atomic E-state index is 12.2. The Hall–Kier alpha value is -2.80. The molecule has 1 aliphatic heterocycles. The molecule has 0 aromatic heterocycles. The van der Waals surface area contributed by atoms with E-state index in [-0.39, 0.29) is 24.4 Å². The van der Waals surface area contributed by atoms with Crippen molar-refractivity contribution in [3.05, 3.63) is 53.3 Å². The van der Waals surface area contributed by atoms with Crippen LogP contribution in [-0.2, 0) is 30.2 Å². The molecule has 0 radical (unpaired) electrons. The molecular formula is C19H22O7. The van der Waals surface area contributed by atoms with E-state index in [0.717, 1.165) is 11.8 Å². The molecule has 1 heterocycles. The maximum Gasteiger partial charge on any atom is 0.337 e. The number of allylic oxidation sites excluding steroid dienone is 1. The van der Waals surface area contributed by atoms with E-state index < -0.39 is 24.1 Å². The molecule has 0 saturated heterocycles. The average molecular weight is 362 g/mol. The molecule has 0 bridgehead atoms. The Labute approximate surface area is 151 Å². The van der Waals surface area contributed by atoms with Crippen LogP contribution in [0.3, 0.4) is 0 Å². The smallest absolute Gasteiger partial charge is 0.337 e. The second-order valence-corrected chi connectivity index (χ2v) is 5.74. The van der Waals surface area contributed by atoms with E-state index in [9.17, 15) is 19.8 Å². The first-order chi connectivity index (χ1) is 12.5. The van der Waals surface area contributed by atoms with Gasteiger partial charge in [0, 0.05) is 17.9 Å². The minimum absolute atomic E-state index is 0.114. The maximum atomic E-state index is 12.2. The van der Waals surface area contributed by atoms with E-state index in [1.165, 1.54) is 7.11 Å². The van der Waals surface area contributed by atoms with Gasteiger partial charge in [-0.15, -0.1) is 0 Å². The first kappa shape index (κ1) is 19.5. The number of rotatable bonds is 6. The second-order valence-electron chi connectivity index (χ2n) is 5.74. The Morgan fingerprint density at radius 3 is 2.58 bits per heavy atom. The zero-order valence-corrected chi connectivity index (χ0v) is 14.7. The number of ether oxygens (including phenoxy) is 3. The van der Waals surface area contributed by atoms with Crippen LogP contribution in [0.1, 0.15) is 18.9 Å². The molecule has 1 aliphatic rings. The van der Waals surface area contributed by atoms with E-state index in [1.807, 2.05) is 0 Å². The van der Waals surface area contributed by atoms with Gasteiger partial charge in [-0.2, -0.15) is 0 Å². The molecule has 2 N–H and O–H groups in total. The fourth-order valence-electron chi connectivity index (χ4n) is 2.70. The summed E-state index contributed by atoms with van der Waals surface area (Å²) in [5.74, 6) is -1.63. The first-order valence-electron chi connectivity index (χ1n) is 8.17. The quantitative estimate of drug-likeness (QED) is 0.588. The van der Waals surface area contributed by atoms with Gasteiger partial charge in [0.2, 0.25) is 6.29 Å². The van der Waals surface area contributed by atoms with Gasteiger partial charge in [-0.3, -0.25) is 4.79 Å². The van der Waals surface area contributed by atoms with Gasteiger partial charge < -0.3 is 24.4 Å². The zero-order valence-electron chi connectivity index (χ0n) is 14.7. The molecular weight excluding hydrogens is 340 g/mol. The molecule has 0 saturated carbocycles. The molecule has 2 rings (SSSR count). The zero-order chi connectivity index (χ0) is 19.1. The number of hydrogen-bond acceptors (Lipinski definition) is 7. The van der Waals surface area contributed by atoms with Crippen LogP contribution >= 0.6 is 0 Å². The molecule has 1 aromatic carbocycles. The standard InChI is InChI=1S/C19H22O7/c1-3-14-15(16(18(22)24-2)11-26-19(14)23)10-17(21)25-9-8-12-4-6-13(20)7-5-12/h3-7,11,15,19-20,23H,8-10H2,1-2H3/b14-3+/t15-,19-/m0/s1. The van der Waals surface area contributed by atoms with Gasteiger partial charge >= 0.3 is 11.9 Å². The van der Waals surface area contributed by atoms with Crippen LogP contribution < -0.4 is 0 Å². The molecule has 0 aliphatic carbocycles. The van der Waals surface area contributed by atoms with Gasteiger partial charge in [-0.05, 0) is 24.6 Å². The predicted octanol–water partition coefficient (Wildman–Crippen LogP) is 1.84. The lowest BCUT2D eigenvalue weighted by atomic mass is 9.86. The highest BCUT2D eigenvalue weighted by Crippen LogP contribution is 2.32. The summed E-state index contributed by atoms with van der Waals surface area (Å²) in [6.07, 6.45) is 1.89. The number of carbonyl (C=O) groups is 2. The lowest BCUT2D eigenvalue weighted by Crippen LogP contribution is -2.31. The summed E-state index contributed by atoms with van der Waals surface area (Å²) in [7, 11) is 1.23. The van der Waals surface area contributed by atoms with Crippen molar-refractivity contribution in [1.29, 1.82) is 0 Å². The summed E-state index contributed by atoms with van der Waals surface area (Å²) in [6.45, 7) is 1.85. The summed E-state index contributed by atoms with van der Waals surface area (Å²) in [6, 6.07) is 6.61. The Kier molecular flexibility index (Phi) is 6.80. The van der Waals surface area contributed by atoms with Gasteiger partial charge in [0.25, 0.3) is 0 Å². The van der Waals surface area contributed by atoms with E-state index in [2.05, 4.69) is 0 Å². The minimum atomic E-state index is -1.22. The van der Waals surface area contributed by atoms with Crippen LogP contribution in [0, 0.1) is 5.92 Å². The van der Waals surface area contributed by atoms with Crippen LogP contribution in [0.15, 0.2) is 47.7 Å². The SMILES string of the molecule is C/C=C1\[C@H](CC(=O)OCCc2ccc(O)cc2)C(C(=O)OC)=CO[C@@H]1O. The molecule has 1 aromatic rings. The second kappa shape index (κ2) is 9.05. The number of hydrogen-bond donors (Lipinski definition) is 2. The fourth-order valence-corrected chi connectivity index (χ4v) is 2.70. The lowest BCUT2D eigenvalue weighted by Gasteiger charge is -2.28. The number of esters is 2. The van der Waals surface area contributed by atoms with Gasteiger partial charge in [-0.1, -0.05) is 18.2 Å². The predicted molar refractivity (Wildman–Crippen MR) is 91.8 cm³/mol. The fraction of sp³-hybridized carbons (Fsp3) is 0.368. The molecule has 0 spiro atoms. The Bertz CT molecular complexity index is 703. The van der Waals surface area contributed by atoms with Crippen molar-refractivity contribution >= 4 is 11.9 Å². The van der Waals surface area contributed by atoms with E-state index >= 15 is 0 Å². The Morgan fingerprint density at radius 2 is 1.96 bits per heavy atom. The number of aromatic hydroxyl groups is 1. The van der Waals surface area contributed by atoms with Crippen LogP contribution in [0.4, 0.5) is 0 Å². The van der Waals surface area contributed by atoms with Crippen molar-refractivity contribution < 1.29 is 34.0 Å². The highest BCUT2D eigenvalue weighted by atomic mass is 16.6. The Morgan fingerprint density at radius 1 is 1.27 bits per heavy atom. The monoisotopic (exact) mass is 362 g/mol. The lowest BCUT2D eigenvalue weighted by molar-refractivity contribution is -0.145. The molecule has 7 heteroatoms. The molecule has 0 fully saturated rings. The Balaban J connectivity index is 1.97. The van der Waals surface area contributed by atoms with Gasteiger partial charge in [0.1, 0.15) is 5.75 Å². The van der Waals surface area contributed by atoms with Crippen LogP contribution in [-0.4, -0.2) is 42.2 Å². The van der Waals surface area contributed by atoms with Gasteiger partial charge in [0.15, 0.2) is 0 Å². The third-order valence-electron chi connectivity index (χ3n) is 4.10. The number of aliphatic hydroxyl groups excluding tert-OH is 1. The molecule has 0 amide bonds. The van der Waals surface area contributed by atoms with Gasteiger partial charge in [-0.25, -0.2) is 4.79 Å². The van der Waals surface area contributed by atoms with Crippen molar-refractivity contribution in [2.45, 2.75) is 26.1 Å². The minimum Gasteiger partial charge on any atom is -0.508 e. The van der Waals surface area contributed by atoms with E-state index in [0.29, 0.717) is 12.0 Å². The number of phenolic OH excluding ortho intramolecular Hbond substituents is 1. The number of benzene rings is 1. The van der Waals surface area contributed by atoms with Crippen LogP contribution in [0.2, 0.25) is 0 Å². The van der Waals surface area contributed by atoms with E-state index in [4.69, 9.17) is 14.2 Å². The topological polar surface area (TPSA) is 102 Å². The summed E-state index contributed by atoms with van der Waals surface area (Å²) in [4.78, 5) is 24.1. The van der Waals surface area contributed by atoms with Crippen LogP contribution in [0.5, 0.6) is 5.75 Å². The number of phenols is 1. The highest BCUT2D eigenvalue weighted by molar-refractivity contribution is 5.90. The summed E-state index contributed by atoms with van der Waals surface area (Å²) >= 11 is 0. The number of carbonyl (C=O) groups excluding carboxylic acids is 2.